The van der Waals surface area contributed by atoms with Crippen LogP contribution in [-0.2, 0) is 16.5 Å². The lowest BCUT2D eigenvalue weighted by atomic mass is 10.2. The van der Waals surface area contributed by atoms with Crippen LogP contribution >= 0.6 is 23.2 Å². The van der Waals surface area contributed by atoms with Crippen LogP contribution in [-0.4, -0.2) is 18.7 Å². The molecule has 1 rings (SSSR count). The topological polar surface area (TPSA) is 54.4 Å². The van der Waals surface area contributed by atoms with Crippen LogP contribution in [0, 0.1) is 0 Å². The van der Waals surface area contributed by atoms with E-state index in [1.54, 1.807) is 18.2 Å². The van der Waals surface area contributed by atoms with Gasteiger partial charge in [-0.2, -0.15) is 8.42 Å². The van der Waals surface area contributed by atoms with Crippen LogP contribution in [0.3, 0.4) is 0 Å². The van der Waals surface area contributed by atoms with E-state index in [-0.39, 0.29) is 12.2 Å². The van der Waals surface area contributed by atoms with Crippen LogP contribution in [0.15, 0.2) is 18.2 Å². The molecule has 1 N–H and O–H groups in total. The second-order valence-electron chi connectivity index (χ2n) is 2.74. The first kappa shape index (κ1) is 11.8. The van der Waals surface area contributed by atoms with E-state index < -0.39 is 10.1 Å². The molecule has 6 heteroatoms. The zero-order valence-corrected chi connectivity index (χ0v) is 9.40. The number of hydrogen-bond donors (Lipinski definition) is 1. The minimum atomic E-state index is -3.97. The first-order chi connectivity index (χ1) is 6.40. The van der Waals surface area contributed by atoms with Crippen molar-refractivity contribution in [3.05, 3.63) is 33.8 Å². The van der Waals surface area contributed by atoms with Gasteiger partial charge in [0.25, 0.3) is 10.1 Å². The minimum absolute atomic E-state index is 0.108. The van der Waals surface area contributed by atoms with E-state index in [0.717, 1.165) is 0 Å². The van der Waals surface area contributed by atoms with Crippen LogP contribution < -0.4 is 0 Å². The molecule has 0 atom stereocenters. The number of rotatable bonds is 3. The van der Waals surface area contributed by atoms with Gasteiger partial charge in [-0.15, -0.1) is 0 Å². The van der Waals surface area contributed by atoms with Gasteiger partial charge in [-0.1, -0.05) is 29.3 Å². The molecule has 1 aromatic carbocycles. The highest BCUT2D eigenvalue weighted by atomic mass is 35.5. The molecule has 3 nitrogen and oxygen atoms in total. The van der Waals surface area contributed by atoms with Gasteiger partial charge in [-0.3, -0.25) is 4.55 Å². The quantitative estimate of drug-likeness (QED) is 0.844. The van der Waals surface area contributed by atoms with Crippen molar-refractivity contribution in [2.24, 2.45) is 0 Å². The van der Waals surface area contributed by atoms with Crippen LogP contribution in [0.4, 0.5) is 0 Å². The zero-order chi connectivity index (χ0) is 10.8. The van der Waals surface area contributed by atoms with Crippen molar-refractivity contribution in [3.8, 4) is 0 Å². The molecule has 0 unspecified atom stereocenters. The Bertz CT molecular complexity index is 408. The van der Waals surface area contributed by atoms with Crippen molar-refractivity contribution in [2.75, 3.05) is 5.75 Å². The van der Waals surface area contributed by atoms with E-state index >= 15 is 0 Å². The summed E-state index contributed by atoms with van der Waals surface area (Å²) in [5, 5.41) is 0.808. The molecule has 0 bridgehead atoms. The molecular formula is C8H8Cl2O3S. The third-order valence-corrected chi connectivity index (χ3v) is 3.10. The highest BCUT2D eigenvalue weighted by molar-refractivity contribution is 7.85. The Morgan fingerprint density at radius 1 is 1.21 bits per heavy atom. The van der Waals surface area contributed by atoms with Gasteiger partial charge in [0.05, 0.1) is 5.75 Å². The number of benzene rings is 1. The standard InChI is InChI=1S/C8H8Cl2O3S/c9-7-2-1-3-8(10)6(7)4-5-14(11,12)13/h1-3H,4-5H2,(H,11,12,13). The molecule has 0 saturated heterocycles. The Kier molecular flexibility index (Phi) is 3.78. The Morgan fingerprint density at radius 2 is 1.71 bits per heavy atom. The molecule has 1 aromatic rings. The molecule has 0 heterocycles. The molecule has 0 amide bonds. The van der Waals surface area contributed by atoms with Crippen LogP contribution in [0.5, 0.6) is 0 Å². The minimum Gasteiger partial charge on any atom is -0.286 e. The molecule has 0 radical (unpaired) electrons. The van der Waals surface area contributed by atoms with E-state index in [0.29, 0.717) is 15.6 Å². The molecule has 78 valence electrons. The van der Waals surface area contributed by atoms with E-state index in [9.17, 15) is 8.42 Å². The molecule has 0 aromatic heterocycles. The maximum atomic E-state index is 10.5. The zero-order valence-electron chi connectivity index (χ0n) is 7.07. The van der Waals surface area contributed by atoms with Crippen LogP contribution in [0.2, 0.25) is 10.0 Å². The summed E-state index contributed by atoms with van der Waals surface area (Å²) in [7, 11) is -3.97. The summed E-state index contributed by atoms with van der Waals surface area (Å²) in [6.07, 6.45) is 0.108. The molecule has 0 aliphatic carbocycles. The summed E-state index contributed by atoms with van der Waals surface area (Å²) in [6.45, 7) is 0. The van der Waals surface area contributed by atoms with Crippen LogP contribution in [0.1, 0.15) is 5.56 Å². The lowest BCUT2D eigenvalue weighted by molar-refractivity contribution is 0.482. The van der Waals surface area contributed by atoms with Gasteiger partial charge in [-0.05, 0) is 24.1 Å². The summed E-state index contributed by atoms with van der Waals surface area (Å²) < 4.78 is 29.5. The van der Waals surface area contributed by atoms with Gasteiger partial charge in [-0.25, -0.2) is 0 Å². The first-order valence-corrected chi connectivity index (χ1v) is 6.15. The van der Waals surface area contributed by atoms with Gasteiger partial charge in [0.1, 0.15) is 0 Å². The van der Waals surface area contributed by atoms with Crippen molar-refractivity contribution in [3.63, 3.8) is 0 Å². The Hall–Kier alpha value is -0.290. The number of halogens is 2. The van der Waals surface area contributed by atoms with Crippen molar-refractivity contribution >= 4 is 33.3 Å². The van der Waals surface area contributed by atoms with Crippen LogP contribution in [0.25, 0.3) is 0 Å². The fourth-order valence-corrected chi connectivity index (χ4v) is 2.05. The SMILES string of the molecule is O=S(=O)(O)CCc1c(Cl)cccc1Cl. The summed E-state index contributed by atoms with van der Waals surface area (Å²) in [5.41, 5.74) is 0.536. The third kappa shape index (κ3) is 3.46. The maximum Gasteiger partial charge on any atom is 0.265 e. The second-order valence-corrected chi connectivity index (χ2v) is 5.12. The Labute approximate surface area is 92.4 Å². The fourth-order valence-electron chi connectivity index (χ4n) is 1.00. The van der Waals surface area contributed by atoms with Crippen molar-refractivity contribution in [1.29, 1.82) is 0 Å². The lowest BCUT2D eigenvalue weighted by Crippen LogP contribution is -2.07. The molecule has 0 saturated carbocycles. The normalized spacial score (nSPS) is 11.6. The van der Waals surface area contributed by atoms with E-state index in [1.807, 2.05) is 0 Å². The summed E-state index contributed by atoms with van der Waals surface area (Å²) in [5.74, 6) is -0.379. The van der Waals surface area contributed by atoms with Gasteiger partial charge >= 0.3 is 0 Å². The number of hydrogen-bond acceptors (Lipinski definition) is 2. The Balaban J connectivity index is 2.87. The van der Waals surface area contributed by atoms with Gasteiger partial charge in [0.2, 0.25) is 0 Å². The molecule has 0 aliphatic heterocycles. The predicted octanol–water partition coefficient (Wildman–Crippen LogP) is 2.42. The fraction of sp³-hybridized carbons (Fsp3) is 0.250. The summed E-state index contributed by atoms with van der Waals surface area (Å²) >= 11 is 11.6. The van der Waals surface area contributed by atoms with Gasteiger partial charge in [0, 0.05) is 10.0 Å². The van der Waals surface area contributed by atoms with Gasteiger partial charge < -0.3 is 0 Å². The highest BCUT2D eigenvalue weighted by Crippen LogP contribution is 2.24. The average Bonchev–Trinajstić information content (AvgIpc) is 2.01. The third-order valence-electron chi connectivity index (χ3n) is 1.67. The largest absolute Gasteiger partial charge is 0.286 e. The monoisotopic (exact) mass is 254 g/mol. The van der Waals surface area contributed by atoms with E-state index in [2.05, 4.69) is 0 Å². The molecule has 14 heavy (non-hydrogen) atoms. The van der Waals surface area contributed by atoms with Crippen molar-refractivity contribution in [2.45, 2.75) is 6.42 Å². The van der Waals surface area contributed by atoms with Gasteiger partial charge in [0.15, 0.2) is 0 Å². The first-order valence-electron chi connectivity index (χ1n) is 3.78. The van der Waals surface area contributed by atoms with Crippen molar-refractivity contribution < 1.29 is 13.0 Å². The van der Waals surface area contributed by atoms with E-state index in [4.69, 9.17) is 27.8 Å². The molecular weight excluding hydrogens is 247 g/mol. The van der Waals surface area contributed by atoms with E-state index in [1.165, 1.54) is 0 Å². The summed E-state index contributed by atoms with van der Waals surface area (Å²) in [4.78, 5) is 0. The summed E-state index contributed by atoms with van der Waals surface area (Å²) in [6, 6.07) is 4.90. The van der Waals surface area contributed by atoms with Crippen molar-refractivity contribution in [1.82, 2.24) is 0 Å². The maximum absolute atomic E-state index is 10.5. The molecule has 0 spiro atoms. The average molecular weight is 255 g/mol. The highest BCUT2D eigenvalue weighted by Gasteiger charge is 2.10. The Morgan fingerprint density at radius 3 is 2.14 bits per heavy atom. The molecule has 0 fully saturated rings. The smallest absolute Gasteiger partial charge is 0.265 e. The predicted molar refractivity (Wildman–Crippen MR) is 56.6 cm³/mol. The lowest BCUT2D eigenvalue weighted by Gasteiger charge is -2.04. The second kappa shape index (κ2) is 4.49. The molecule has 0 aliphatic rings.